The average Bonchev–Trinajstić information content (AvgIpc) is 3.14. The minimum absolute atomic E-state index is 0.0286. The standard InChI is InChI=1S/C23H30N4O4/c1-4-18-20(23(30)31-3)16(2)21(25-18)22(29)27-12-10-26(11-13-27)15-19(28)24-14-17-8-6-5-7-9-17/h5-9,25H,4,10-15H2,1-3H3,(H,24,28). The fraction of sp³-hybridized carbons (Fsp3) is 0.435. The van der Waals surface area contributed by atoms with Crippen molar-refractivity contribution in [3.63, 3.8) is 0 Å². The number of ether oxygens (including phenoxy) is 1. The maximum atomic E-state index is 13.0. The van der Waals surface area contributed by atoms with Gasteiger partial charge in [-0.25, -0.2) is 4.79 Å². The van der Waals surface area contributed by atoms with Gasteiger partial charge >= 0.3 is 5.97 Å². The molecule has 166 valence electrons. The molecule has 2 aromatic rings. The number of piperazine rings is 1. The third-order valence-corrected chi connectivity index (χ3v) is 5.64. The quantitative estimate of drug-likeness (QED) is 0.658. The second-order valence-electron chi connectivity index (χ2n) is 7.65. The van der Waals surface area contributed by atoms with Crippen LogP contribution in [0.15, 0.2) is 30.3 Å². The van der Waals surface area contributed by atoms with Gasteiger partial charge in [0.05, 0.1) is 19.2 Å². The van der Waals surface area contributed by atoms with Crippen LogP contribution in [0.4, 0.5) is 0 Å². The number of hydrogen-bond acceptors (Lipinski definition) is 5. The summed E-state index contributed by atoms with van der Waals surface area (Å²) in [5.41, 5.74) is 3.27. The van der Waals surface area contributed by atoms with Gasteiger partial charge < -0.3 is 19.9 Å². The summed E-state index contributed by atoms with van der Waals surface area (Å²) in [5.74, 6) is -0.592. The Morgan fingerprint density at radius 1 is 1.10 bits per heavy atom. The van der Waals surface area contributed by atoms with Gasteiger partial charge in [-0.05, 0) is 24.5 Å². The largest absolute Gasteiger partial charge is 0.465 e. The topological polar surface area (TPSA) is 94.7 Å². The van der Waals surface area contributed by atoms with Crippen molar-refractivity contribution in [1.29, 1.82) is 0 Å². The number of methoxy groups -OCH3 is 1. The Balaban J connectivity index is 1.53. The van der Waals surface area contributed by atoms with Gasteiger partial charge in [0.25, 0.3) is 5.91 Å². The molecule has 1 aliphatic heterocycles. The highest BCUT2D eigenvalue weighted by atomic mass is 16.5. The molecule has 0 spiro atoms. The summed E-state index contributed by atoms with van der Waals surface area (Å²) >= 11 is 0. The zero-order chi connectivity index (χ0) is 22.4. The zero-order valence-corrected chi connectivity index (χ0v) is 18.4. The number of aromatic nitrogens is 1. The second kappa shape index (κ2) is 10.3. The predicted molar refractivity (Wildman–Crippen MR) is 117 cm³/mol. The fourth-order valence-corrected chi connectivity index (χ4v) is 3.84. The normalized spacial score (nSPS) is 14.4. The van der Waals surface area contributed by atoms with Crippen LogP contribution in [0.25, 0.3) is 0 Å². The third-order valence-electron chi connectivity index (χ3n) is 5.64. The summed E-state index contributed by atoms with van der Waals surface area (Å²) in [6.07, 6.45) is 0.602. The Morgan fingerprint density at radius 3 is 2.39 bits per heavy atom. The summed E-state index contributed by atoms with van der Waals surface area (Å²) in [4.78, 5) is 44.3. The lowest BCUT2D eigenvalue weighted by Crippen LogP contribution is -2.51. The van der Waals surface area contributed by atoms with E-state index in [0.717, 1.165) is 5.56 Å². The number of amides is 2. The highest BCUT2D eigenvalue weighted by molar-refractivity contribution is 6.00. The number of aromatic amines is 1. The molecule has 1 saturated heterocycles. The summed E-state index contributed by atoms with van der Waals surface area (Å²) in [6, 6.07) is 9.79. The molecule has 0 bridgehead atoms. The van der Waals surface area contributed by atoms with Gasteiger partial charge in [-0.2, -0.15) is 0 Å². The molecule has 0 atom stereocenters. The van der Waals surface area contributed by atoms with E-state index >= 15 is 0 Å². The second-order valence-corrected chi connectivity index (χ2v) is 7.65. The number of carbonyl (C=O) groups is 3. The monoisotopic (exact) mass is 426 g/mol. The van der Waals surface area contributed by atoms with Crippen LogP contribution in [0.2, 0.25) is 0 Å². The minimum Gasteiger partial charge on any atom is -0.465 e. The Kier molecular flexibility index (Phi) is 7.46. The van der Waals surface area contributed by atoms with Gasteiger partial charge in [-0.1, -0.05) is 37.3 Å². The molecule has 8 heteroatoms. The maximum absolute atomic E-state index is 13.0. The first kappa shape index (κ1) is 22.6. The number of nitrogens with one attached hydrogen (secondary N) is 2. The van der Waals surface area contributed by atoms with Crippen LogP contribution >= 0.6 is 0 Å². The minimum atomic E-state index is -0.434. The molecule has 2 N–H and O–H groups in total. The van der Waals surface area contributed by atoms with Crippen LogP contribution in [-0.2, 0) is 22.5 Å². The van der Waals surface area contributed by atoms with Crippen LogP contribution in [0.5, 0.6) is 0 Å². The van der Waals surface area contributed by atoms with Crippen molar-refractivity contribution < 1.29 is 19.1 Å². The van der Waals surface area contributed by atoms with E-state index in [1.54, 1.807) is 11.8 Å². The molecule has 1 aliphatic rings. The first-order valence-corrected chi connectivity index (χ1v) is 10.6. The highest BCUT2D eigenvalue weighted by Gasteiger charge is 2.28. The molecule has 0 aliphatic carbocycles. The number of hydrogen-bond donors (Lipinski definition) is 2. The Hall–Kier alpha value is -3.13. The molecule has 2 amide bonds. The van der Waals surface area contributed by atoms with E-state index in [1.807, 2.05) is 42.2 Å². The van der Waals surface area contributed by atoms with Crippen molar-refractivity contribution in [2.24, 2.45) is 0 Å². The molecule has 31 heavy (non-hydrogen) atoms. The molecular formula is C23H30N4O4. The first-order valence-electron chi connectivity index (χ1n) is 10.6. The molecule has 0 saturated carbocycles. The number of benzene rings is 1. The molecule has 1 aromatic carbocycles. The number of H-pyrrole nitrogens is 1. The predicted octanol–water partition coefficient (Wildman–Crippen LogP) is 1.75. The van der Waals surface area contributed by atoms with E-state index in [4.69, 9.17) is 4.74 Å². The highest BCUT2D eigenvalue weighted by Crippen LogP contribution is 2.22. The van der Waals surface area contributed by atoms with Crippen LogP contribution in [0.1, 0.15) is 44.6 Å². The van der Waals surface area contributed by atoms with Crippen molar-refractivity contribution in [3.8, 4) is 0 Å². The van der Waals surface area contributed by atoms with Crippen LogP contribution in [0, 0.1) is 6.92 Å². The Bertz CT molecular complexity index is 931. The van der Waals surface area contributed by atoms with E-state index in [2.05, 4.69) is 10.3 Å². The molecule has 2 heterocycles. The van der Waals surface area contributed by atoms with E-state index in [9.17, 15) is 14.4 Å². The van der Waals surface area contributed by atoms with Crippen LogP contribution in [-0.4, -0.2) is 72.4 Å². The SMILES string of the molecule is CCc1[nH]c(C(=O)N2CCN(CC(=O)NCc3ccccc3)CC2)c(C)c1C(=O)OC. The molecule has 0 unspecified atom stereocenters. The van der Waals surface area contributed by atoms with Crippen molar-refractivity contribution in [3.05, 3.63) is 58.4 Å². The first-order chi connectivity index (χ1) is 14.9. The summed E-state index contributed by atoms with van der Waals surface area (Å²) in [6.45, 7) is 6.80. The number of nitrogens with zero attached hydrogens (tertiary/aromatic N) is 2. The van der Waals surface area contributed by atoms with E-state index in [-0.39, 0.29) is 11.8 Å². The van der Waals surface area contributed by atoms with Gasteiger partial charge in [-0.15, -0.1) is 0 Å². The molecule has 3 rings (SSSR count). The average molecular weight is 427 g/mol. The van der Waals surface area contributed by atoms with Gasteiger partial charge in [0.2, 0.25) is 5.91 Å². The number of rotatable bonds is 7. The van der Waals surface area contributed by atoms with Crippen LogP contribution < -0.4 is 5.32 Å². The molecule has 0 radical (unpaired) electrons. The van der Waals surface area contributed by atoms with E-state index in [1.165, 1.54) is 7.11 Å². The lowest BCUT2D eigenvalue weighted by molar-refractivity contribution is -0.122. The lowest BCUT2D eigenvalue weighted by atomic mass is 10.1. The Morgan fingerprint density at radius 2 is 1.77 bits per heavy atom. The van der Waals surface area contributed by atoms with Gasteiger partial charge in [-0.3, -0.25) is 14.5 Å². The number of aryl methyl sites for hydroxylation is 1. The molecule has 1 aromatic heterocycles. The third kappa shape index (κ3) is 5.32. The van der Waals surface area contributed by atoms with Crippen molar-refractivity contribution in [1.82, 2.24) is 20.1 Å². The maximum Gasteiger partial charge on any atom is 0.339 e. The summed E-state index contributed by atoms with van der Waals surface area (Å²) in [7, 11) is 1.34. The number of esters is 1. The molecule has 1 fully saturated rings. The van der Waals surface area contributed by atoms with Crippen molar-refractivity contribution >= 4 is 17.8 Å². The summed E-state index contributed by atoms with van der Waals surface area (Å²) < 4.78 is 4.87. The Labute approximate surface area is 182 Å². The van der Waals surface area contributed by atoms with Gasteiger partial charge in [0.1, 0.15) is 5.69 Å². The molecule has 8 nitrogen and oxygen atoms in total. The van der Waals surface area contributed by atoms with E-state index < -0.39 is 5.97 Å². The van der Waals surface area contributed by atoms with Gasteiger partial charge in [0, 0.05) is 38.4 Å². The smallest absolute Gasteiger partial charge is 0.339 e. The van der Waals surface area contributed by atoms with Crippen LogP contribution in [0.3, 0.4) is 0 Å². The van der Waals surface area contributed by atoms with Crippen molar-refractivity contribution in [2.75, 3.05) is 39.8 Å². The van der Waals surface area contributed by atoms with Crippen molar-refractivity contribution in [2.45, 2.75) is 26.8 Å². The zero-order valence-electron chi connectivity index (χ0n) is 18.4. The van der Waals surface area contributed by atoms with E-state index in [0.29, 0.717) is 68.2 Å². The fourth-order valence-electron chi connectivity index (χ4n) is 3.84. The number of carbonyl (C=O) groups excluding carboxylic acids is 3. The summed E-state index contributed by atoms with van der Waals surface area (Å²) in [5, 5.41) is 2.94. The van der Waals surface area contributed by atoms with Gasteiger partial charge in [0.15, 0.2) is 0 Å². The lowest BCUT2D eigenvalue weighted by Gasteiger charge is -2.34. The molecular weight excluding hydrogens is 396 g/mol.